The van der Waals surface area contributed by atoms with E-state index < -0.39 is 5.91 Å². The Morgan fingerprint density at radius 1 is 1.15 bits per heavy atom. The van der Waals surface area contributed by atoms with Crippen molar-refractivity contribution in [1.29, 1.82) is 0 Å². The van der Waals surface area contributed by atoms with Crippen LogP contribution < -0.4 is 4.90 Å². The van der Waals surface area contributed by atoms with E-state index >= 15 is 0 Å². The maximum atomic E-state index is 12.1. The first-order chi connectivity index (χ1) is 12.7. The van der Waals surface area contributed by atoms with Gasteiger partial charge in [0.25, 0.3) is 0 Å². The summed E-state index contributed by atoms with van der Waals surface area (Å²) in [4.78, 5) is 17.5. The molecular formula is C19H20N5O2+. The van der Waals surface area contributed by atoms with Gasteiger partial charge in [0, 0.05) is 24.4 Å². The van der Waals surface area contributed by atoms with Gasteiger partial charge in [0.15, 0.2) is 12.4 Å². The molecule has 0 radical (unpaired) electrons. The van der Waals surface area contributed by atoms with Gasteiger partial charge in [0.05, 0.1) is 18.6 Å². The third-order valence-corrected chi connectivity index (χ3v) is 4.73. The van der Waals surface area contributed by atoms with E-state index in [9.17, 15) is 9.90 Å². The summed E-state index contributed by atoms with van der Waals surface area (Å²) in [5, 5.41) is 19.3. The molecule has 1 amide bonds. The van der Waals surface area contributed by atoms with Gasteiger partial charge in [0.1, 0.15) is 5.69 Å². The van der Waals surface area contributed by atoms with Crippen LogP contribution in [0.4, 0.5) is 5.69 Å². The Hall–Kier alpha value is -3.06. The van der Waals surface area contributed by atoms with Crippen molar-refractivity contribution >= 4 is 22.5 Å². The highest BCUT2D eigenvalue weighted by Gasteiger charge is 2.22. The largest absolute Gasteiger partial charge is 0.493 e. The second-order valence-electron chi connectivity index (χ2n) is 6.45. The Kier molecular flexibility index (Phi) is 4.45. The number of azo groups is 1. The Balaban J connectivity index is 1.69. The second kappa shape index (κ2) is 7.05. The maximum Gasteiger partial charge on any atom is 0.313 e. The molecule has 2 N–H and O–H groups in total. The van der Waals surface area contributed by atoms with Crippen LogP contribution in [-0.4, -0.2) is 33.7 Å². The summed E-state index contributed by atoms with van der Waals surface area (Å²) in [5.74, 6) is -0.491. The molecule has 7 nitrogen and oxygen atoms in total. The number of carbonyl (C=O) groups excluding carboxylic acids is 1. The summed E-state index contributed by atoms with van der Waals surface area (Å²) in [6, 6.07) is 12.7. The van der Waals surface area contributed by atoms with Crippen LogP contribution in [0.1, 0.15) is 23.3 Å². The fourth-order valence-corrected chi connectivity index (χ4v) is 3.42. The number of aromatic nitrogens is 2. The van der Waals surface area contributed by atoms with Crippen molar-refractivity contribution in [3.8, 4) is 5.88 Å². The van der Waals surface area contributed by atoms with Crippen LogP contribution in [0.25, 0.3) is 10.9 Å². The topological polar surface area (TPSA) is 84.3 Å². The van der Waals surface area contributed by atoms with Crippen LogP contribution in [0.15, 0.2) is 58.9 Å². The SMILES string of the molecule is O=C(N=Nc1c(O)n(C[NH+]2CCCC2)c2ccccc12)c1ccccn1. The van der Waals surface area contributed by atoms with E-state index in [0.717, 1.165) is 24.0 Å². The molecule has 0 bridgehead atoms. The first kappa shape index (κ1) is 16.4. The highest BCUT2D eigenvalue weighted by atomic mass is 16.3. The number of carbonyl (C=O) groups is 1. The number of hydrogen-bond donors (Lipinski definition) is 2. The number of quaternary nitrogens is 1. The maximum absolute atomic E-state index is 12.1. The van der Waals surface area contributed by atoms with Gasteiger partial charge < -0.3 is 10.0 Å². The molecule has 3 heterocycles. The summed E-state index contributed by atoms with van der Waals surface area (Å²) in [6.45, 7) is 2.87. The quantitative estimate of drug-likeness (QED) is 0.708. The van der Waals surface area contributed by atoms with Crippen molar-refractivity contribution in [3.05, 3.63) is 54.4 Å². The number of likely N-dealkylation sites (tertiary alicyclic amines) is 1. The van der Waals surface area contributed by atoms with E-state index in [2.05, 4.69) is 15.2 Å². The number of para-hydroxylation sites is 1. The molecule has 1 fully saturated rings. The number of amides is 1. The van der Waals surface area contributed by atoms with Crippen molar-refractivity contribution in [2.75, 3.05) is 13.1 Å². The highest BCUT2D eigenvalue weighted by Crippen LogP contribution is 2.38. The third-order valence-electron chi connectivity index (χ3n) is 4.73. The van der Waals surface area contributed by atoms with E-state index in [1.807, 2.05) is 28.8 Å². The molecule has 1 saturated heterocycles. The van der Waals surface area contributed by atoms with Gasteiger partial charge in [-0.25, -0.2) is 0 Å². The van der Waals surface area contributed by atoms with Gasteiger partial charge in [-0.15, -0.1) is 10.2 Å². The fraction of sp³-hybridized carbons (Fsp3) is 0.263. The molecule has 0 unspecified atom stereocenters. The minimum absolute atomic E-state index is 0.0446. The minimum Gasteiger partial charge on any atom is -0.493 e. The van der Waals surface area contributed by atoms with Gasteiger partial charge >= 0.3 is 5.91 Å². The number of nitrogens with zero attached hydrogens (tertiary/aromatic N) is 4. The molecule has 0 saturated carbocycles. The molecule has 2 aromatic heterocycles. The van der Waals surface area contributed by atoms with Crippen molar-refractivity contribution in [2.45, 2.75) is 19.5 Å². The average molecular weight is 350 g/mol. The zero-order valence-electron chi connectivity index (χ0n) is 14.3. The van der Waals surface area contributed by atoms with Gasteiger partial charge in [-0.05, 0) is 18.2 Å². The number of fused-ring (bicyclic) bond motifs is 1. The standard InChI is InChI=1S/C19H19N5O2/c25-18(15-8-3-4-10-20-15)22-21-17-14-7-1-2-9-16(14)24(19(17)26)13-23-11-5-6-12-23/h1-4,7-10,26H,5-6,11-13H2/p+1. The summed E-state index contributed by atoms with van der Waals surface area (Å²) in [7, 11) is 0. The van der Waals surface area contributed by atoms with Crippen LogP contribution in [0, 0.1) is 0 Å². The van der Waals surface area contributed by atoms with Crippen LogP contribution in [0.5, 0.6) is 5.88 Å². The lowest BCUT2D eigenvalue weighted by molar-refractivity contribution is -0.910. The van der Waals surface area contributed by atoms with E-state index in [0.29, 0.717) is 12.4 Å². The summed E-state index contributed by atoms with van der Waals surface area (Å²) in [6.07, 6.45) is 3.95. The zero-order valence-corrected chi connectivity index (χ0v) is 14.3. The smallest absolute Gasteiger partial charge is 0.313 e. The van der Waals surface area contributed by atoms with Crippen LogP contribution in [-0.2, 0) is 6.67 Å². The lowest BCUT2D eigenvalue weighted by Crippen LogP contribution is -3.09. The van der Waals surface area contributed by atoms with E-state index in [1.54, 1.807) is 18.2 Å². The number of rotatable bonds is 4. The van der Waals surface area contributed by atoms with Crippen molar-refractivity contribution in [1.82, 2.24) is 9.55 Å². The van der Waals surface area contributed by atoms with E-state index in [-0.39, 0.29) is 11.6 Å². The average Bonchev–Trinajstić information content (AvgIpc) is 3.28. The fourth-order valence-electron chi connectivity index (χ4n) is 3.42. The van der Waals surface area contributed by atoms with Gasteiger partial charge in [-0.2, -0.15) is 0 Å². The van der Waals surface area contributed by atoms with Crippen LogP contribution >= 0.6 is 0 Å². The highest BCUT2D eigenvalue weighted by molar-refractivity contribution is 5.96. The molecule has 4 rings (SSSR count). The first-order valence-electron chi connectivity index (χ1n) is 8.75. The summed E-state index contributed by atoms with van der Waals surface area (Å²) >= 11 is 0. The summed E-state index contributed by atoms with van der Waals surface area (Å²) in [5.41, 5.74) is 1.44. The molecule has 132 valence electrons. The van der Waals surface area contributed by atoms with E-state index in [4.69, 9.17) is 0 Å². The number of hydrogen-bond acceptors (Lipinski definition) is 4. The molecule has 1 aliphatic rings. The molecule has 7 heteroatoms. The monoisotopic (exact) mass is 350 g/mol. The molecular weight excluding hydrogens is 330 g/mol. The Morgan fingerprint density at radius 2 is 1.92 bits per heavy atom. The zero-order chi connectivity index (χ0) is 17.9. The lowest BCUT2D eigenvalue weighted by Gasteiger charge is -2.14. The Labute approximate surface area is 150 Å². The predicted molar refractivity (Wildman–Crippen MR) is 96.6 cm³/mol. The van der Waals surface area contributed by atoms with Gasteiger partial charge in [-0.3, -0.25) is 14.3 Å². The Bertz CT molecular complexity index is 959. The van der Waals surface area contributed by atoms with Crippen molar-refractivity contribution in [2.24, 2.45) is 10.2 Å². The van der Waals surface area contributed by atoms with Gasteiger partial charge in [-0.1, -0.05) is 24.3 Å². The van der Waals surface area contributed by atoms with Crippen LogP contribution in [0.3, 0.4) is 0 Å². The van der Waals surface area contributed by atoms with Crippen LogP contribution in [0.2, 0.25) is 0 Å². The van der Waals surface area contributed by atoms with E-state index in [1.165, 1.54) is 23.9 Å². The molecule has 0 atom stereocenters. The predicted octanol–water partition coefficient (Wildman–Crippen LogP) is 2.30. The lowest BCUT2D eigenvalue weighted by atomic mass is 10.2. The molecule has 0 aliphatic carbocycles. The first-order valence-corrected chi connectivity index (χ1v) is 8.75. The normalized spacial score (nSPS) is 15.2. The third kappa shape index (κ3) is 3.09. The number of benzene rings is 1. The molecule has 1 aromatic carbocycles. The number of nitrogens with one attached hydrogen (secondary N) is 1. The summed E-state index contributed by atoms with van der Waals surface area (Å²) < 4.78 is 1.86. The Morgan fingerprint density at radius 3 is 2.69 bits per heavy atom. The molecule has 26 heavy (non-hydrogen) atoms. The number of aromatic hydroxyl groups is 1. The minimum atomic E-state index is -0.535. The van der Waals surface area contributed by atoms with Crippen molar-refractivity contribution in [3.63, 3.8) is 0 Å². The van der Waals surface area contributed by atoms with Crippen molar-refractivity contribution < 1.29 is 14.8 Å². The number of pyridine rings is 1. The second-order valence-corrected chi connectivity index (χ2v) is 6.45. The molecule has 0 spiro atoms. The molecule has 3 aromatic rings. The van der Waals surface area contributed by atoms with Gasteiger partial charge in [0.2, 0.25) is 5.88 Å². The molecule has 1 aliphatic heterocycles.